The summed E-state index contributed by atoms with van der Waals surface area (Å²) in [6.45, 7) is 1.44. The lowest BCUT2D eigenvalue weighted by molar-refractivity contribution is -0.122. The molecule has 150 valence electrons. The Morgan fingerprint density at radius 1 is 1.11 bits per heavy atom. The molecule has 3 rings (SSSR count). The number of hydrogen-bond acceptors (Lipinski definition) is 2. The molecule has 1 fully saturated rings. The predicted molar refractivity (Wildman–Crippen MR) is 126 cm³/mol. The summed E-state index contributed by atoms with van der Waals surface area (Å²) in [5, 5.41) is 6.43. The van der Waals surface area contributed by atoms with Crippen LogP contribution in [0.3, 0.4) is 0 Å². The number of carbonyl (C=O) groups excluding carboxylic acids is 1. The topological polar surface area (TPSA) is 56.7 Å². The molecule has 2 aromatic rings. The van der Waals surface area contributed by atoms with Gasteiger partial charge in [0.15, 0.2) is 5.96 Å². The number of amides is 1. The van der Waals surface area contributed by atoms with Crippen LogP contribution in [0.5, 0.6) is 0 Å². The average molecular weight is 492 g/mol. The zero-order chi connectivity index (χ0) is 19.1. The number of nitrogens with one attached hydrogen (secondary N) is 2. The Bertz CT molecular complexity index is 790. The minimum Gasteiger partial charge on any atom is -0.352 e. The van der Waals surface area contributed by atoms with Crippen molar-refractivity contribution in [1.82, 2.24) is 10.2 Å². The SMILES string of the molecule is CN=C(NCc1cccc(NC(=O)C2CCC2)c1)N(C)Cc1ccccc1.I. The van der Waals surface area contributed by atoms with Crippen molar-refractivity contribution in [2.24, 2.45) is 10.9 Å². The third kappa shape index (κ3) is 6.22. The van der Waals surface area contributed by atoms with Crippen LogP contribution >= 0.6 is 24.0 Å². The summed E-state index contributed by atoms with van der Waals surface area (Å²) in [6.07, 6.45) is 3.19. The number of guanidine groups is 1. The van der Waals surface area contributed by atoms with Gasteiger partial charge in [0.25, 0.3) is 0 Å². The Kier molecular flexibility index (Phi) is 8.76. The minimum absolute atomic E-state index is 0. The van der Waals surface area contributed by atoms with Crippen LogP contribution in [0.15, 0.2) is 59.6 Å². The molecular weight excluding hydrogens is 463 g/mol. The summed E-state index contributed by atoms with van der Waals surface area (Å²) in [5.41, 5.74) is 3.21. The molecule has 28 heavy (non-hydrogen) atoms. The lowest BCUT2D eigenvalue weighted by Crippen LogP contribution is -2.38. The van der Waals surface area contributed by atoms with E-state index in [2.05, 4.69) is 38.7 Å². The molecule has 1 aliphatic carbocycles. The van der Waals surface area contributed by atoms with Crippen molar-refractivity contribution in [2.45, 2.75) is 32.4 Å². The van der Waals surface area contributed by atoms with Crippen LogP contribution in [0.25, 0.3) is 0 Å². The fraction of sp³-hybridized carbons (Fsp3) is 0.364. The van der Waals surface area contributed by atoms with Gasteiger partial charge in [-0.1, -0.05) is 48.9 Å². The molecule has 2 aromatic carbocycles. The number of hydrogen-bond donors (Lipinski definition) is 2. The Morgan fingerprint density at radius 2 is 1.82 bits per heavy atom. The first-order valence-corrected chi connectivity index (χ1v) is 9.51. The molecule has 0 unspecified atom stereocenters. The van der Waals surface area contributed by atoms with Gasteiger partial charge < -0.3 is 15.5 Å². The van der Waals surface area contributed by atoms with Gasteiger partial charge in [-0.2, -0.15) is 0 Å². The number of carbonyl (C=O) groups is 1. The number of halogens is 1. The van der Waals surface area contributed by atoms with Crippen LogP contribution in [-0.2, 0) is 17.9 Å². The van der Waals surface area contributed by atoms with Crippen molar-refractivity contribution < 1.29 is 4.79 Å². The Morgan fingerprint density at radius 3 is 2.46 bits per heavy atom. The van der Waals surface area contributed by atoms with E-state index >= 15 is 0 Å². The second-order valence-corrected chi connectivity index (χ2v) is 7.06. The molecule has 0 spiro atoms. The van der Waals surface area contributed by atoms with Gasteiger partial charge in [-0.15, -0.1) is 24.0 Å². The predicted octanol–water partition coefficient (Wildman–Crippen LogP) is 4.25. The van der Waals surface area contributed by atoms with Crippen molar-refractivity contribution in [3.63, 3.8) is 0 Å². The van der Waals surface area contributed by atoms with E-state index in [1.54, 1.807) is 7.05 Å². The highest BCUT2D eigenvalue weighted by Gasteiger charge is 2.25. The fourth-order valence-electron chi connectivity index (χ4n) is 3.17. The summed E-state index contributed by atoms with van der Waals surface area (Å²) >= 11 is 0. The Balaban J connectivity index is 0.00000280. The van der Waals surface area contributed by atoms with Crippen LogP contribution in [0.2, 0.25) is 0 Å². The number of aliphatic imine (C=N–C) groups is 1. The normalized spacial score (nSPS) is 13.9. The quantitative estimate of drug-likeness (QED) is 0.360. The molecule has 0 saturated heterocycles. The number of nitrogens with zero attached hydrogens (tertiary/aromatic N) is 2. The van der Waals surface area contributed by atoms with Gasteiger partial charge in [0, 0.05) is 38.8 Å². The lowest BCUT2D eigenvalue weighted by atomic mass is 9.85. The number of rotatable bonds is 6. The van der Waals surface area contributed by atoms with Crippen LogP contribution < -0.4 is 10.6 Å². The Labute approximate surface area is 184 Å². The molecule has 0 radical (unpaired) electrons. The second-order valence-electron chi connectivity index (χ2n) is 7.06. The zero-order valence-corrected chi connectivity index (χ0v) is 18.9. The molecule has 0 heterocycles. The van der Waals surface area contributed by atoms with E-state index in [1.807, 2.05) is 43.4 Å². The van der Waals surface area contributed by atoms with Crippen molar-refractivity contribution in [3.05, 3.63) is 65.7 Å². The monoisotopic (exact) mass is 492 g/mol. The maximum absolute atomic E-state index is 12.1. The molecular formula is C22H29IN4O. The van der Waals surface area contributed by atoms with Crippen molar-refractivity contribution >= 4 is 41.5 Å². The van der Waals surface area contributed by atoms with E-state index in [9.17, 15) is 4.79 Å². The lowest BCUT2D eigenvalue weighted by Gasteiger charge is -2.24. The van der Waals surface area contributed by atoms with Gasteiger partial charge in [0.1, 0.15) is 0 Å². The minimum atomic E-state index is 0. The Hall–Kier alpha value is -2.09. The van der Waals surface area contributed by atoms with Crippen molar-refractivity contribution in [2.75, 3.05) is 19.4 Å². The highest BCUT2D eigenvalue weighted by atomic mass is 127. The summed E-state index contributed by atoms with van der Waals surface area (Å²) < 4.78 is 0. The van der Waals surface area contributed by atoms with Crippen LogP contribution in [0.4, 0.5) is 5.69 Å². The highest BCUT2D eigenvalue weighted by Crippen LogP contribution is 2.27. The van der Waals surface area contributed by atoms with E-state index in [0.29, 0.717) is 6.54 Å². The van der Waals surface area contributed by atoms with E-state index < -0.39 is 0 Å². The van der Waals surface area contributed by atoms with Gasteiger partial charge in [0.05, 0.1) is 0 Å². The third-order valence-electron chi connectivity index (χ3n) is 4.96. The number of benzene rings is 2. The van der Waals surface area contributed by atoms with Crippen LogP contribution in [-0.4, -0.2) is 30.9 Å². The molecule has 5 nitrogen and oxygen atoms in total. The highest BCUT2D eigenvalue weighted by molar-refractivity contribution is 14.0. The molecule has 0 aliphatic heterocycles. The second kappa shape index (κ2) is 11.0. The zero-order valence-electron chi connectivity index (χ0n) is 16.5. The van der Waals surface area contributed by atoms with E-state index in [1.165, 1.54) is 5.56 Å². The largest absolute Gasteiger partial charge is 0.352 e. The molecule has 2 N–H and O–H groups in total. The maximum Gasteiger partial charge on any atom is 0.227 e. The third-order valence-corrected chi connectivity index (χ3v) is 4.96. The molecule has 1 aliphatic rings. The molecule has 1 amide bonds. The standard InChI is InChI=1S/C22H28N4O.HI/c1-23-22(26(2)16-17-8-4-3-5-9-17)24-15-18-10-6-13-20(14-18)25-21(27)19-11-7-12-19;/h3-6,8-10,13-14,19H,7,11-12,15-16H2,1-2H3,(H,23,24)(H,25,27);1H. The first-order valence-electron chi connectivity index (χ1n) is 9.51. The first kappa shape index (κ1) is 22.2. The maximum atomic E-state index is 12.1. The van der Waals surface area contributed by atoms with Gasteiger partial charge >= 0.3 is 0 Å². The van der Waals surface area contributed by atoms with E-state index in [-0.39, 0.29) is 35.8 Å². The molecule has 0 bridgehead atoms. The molecule has 6 heteroatoms. The van der Waals surface area contributed by atoms with Crippen LogP contribution in [0.1, 0.15) is 30.4 Å². The summed E-state index contributed by atoms with van der Waals surface area (Å²) in [7, 11) is 3.82. The first-order chi connectivity index (χ1) is 13.2. The van der Waals surface area contributed by atoms with Gasteiger partial charge in [-0.25, -0.2) is 0 Å². The fourth-order valence-corrected chi connectivity index (χ4v) is 3.17. The summed E-state index contributed by atoms with van der Waals surface area (Å²) in [6, 6.07) is 18.3. The van der Waals surface area contributed by atoms with Crippen molar-refractivity contribution in [1.29, 1.82) is 0 Å². The molecule has 0 aromatic heterocycles. The van der Waals surface area contributed by atoms with E-state index in [0.717, 1.165) is 43.0 Å². The van der Waals surface area contributed by atoms with E-state index in [4.69, 9.17) is 0 Å². The van der Waals surface area contributed by atoms with Crippen molar-refractivity contribution in [3.8, 4) is 0 Å². The number of anilines is 1. The average Bonchev–Trinajstić information content (AvgIpc) is 2.62. The van der Waals surface area contributed by atoms with Gasteiger partial charge in [-0.3, -0.25) is 9.79 Å². The smallest absolute Gasteiger partial charge is 0.227 e. The summed E-state index contributed by atoms with van der Waals surface area (Å²) in [5.74, 6) is 1.17. The molecule has 1 saturated carbocycles. The van der Waals surface area contributed by atoms with Crippen LogP contribution in [0, 0.1) is 5.92 Å². The summed E-state index contributed by atoms with van der Waals surface area (Å²) in [4.78, 5) is 18.6. The molecule has 0 atom stereocenters. The van der Waals surface area contributed by atoms with Gasteiger partial charge in [-0.05, 0) is 36.1 Å². The van der Waals surface area contributed by atoms with Gasteiger partial charge in [0.2, 0.25) is 5.91 Å².